The van der Waals surface area contributed by atoms with Gasteiger partial charge in [-0.2, -0.15) is 0 Å². The fourth-order valence-electron chi connectivity index (χ4n) is 3.47. The number of aromatic nitrogens is 3. The Morgan fingerprint density at radius 3 is 2.39 bits per heavy atom. The maximum Gasteiger partial charge on any atom is 0.320 e. The van der Waals surface area contributed by atoms with E-state index in [9.17, 15) is 9.59 Å². The molecule has 2 aromatic rings. The number of amides is 3. The summed E-state index contributed by atoms with van der Waals surface area (Å²) in [6.45, 7) is 4.33. The van der Waals surface area contributed by atoms with Gasteiger partial charge >= 0.3 is 6.03 Å². The number of likely N-dealkylation sites (tertiary alicyclic amines) is 1. The van der Waals surface area contributed by atoms with Gasteiger partial charge < -0.3 is 20.0 Å². The summed E-state index contributed by atoms with van der Waals surface area (Å²) in [5.41, 5.74) is 0.235. The minimum atomic E-state index is -0.351. The molecule has 2 fully saturated rings. The molecule has 0 bridgehead atoms. The van der Waals surface area contributed by atoms with Crippen LogP contribution < -0.4 is 10.2 Å². The molecule has 9 nitrogen and oxygen atoms in total. The number of nitrogens with one attached hydrogen (secondary N) is 1. The van der Waals surface area contributed by atoms with Crippen molar-refractivity contribution in [1.29, 1.82) is 0 Å². The standard InChI is InChI=1S/C19H23N7O2/c27-18(23-16-5-1-2-6-21-16)15-13-20-14-17(22-15)24-9-11-26(12-10-24)19(28)25-7-3-4-8-25/h1-2,5-6,13-14H,3-4,7-12H2,(H,21,23,27). The maximum atomic E-state index is 12.5. The normalized spacial score (nSPS) is 16.9. The molecule has 4 rings (SSSR count). The summed E-state index contributed by atoms with van der Waals surface area (Å²) in [7, 11) is 0. The lowest BCUT2D eigenvalue weighted by Crippen LogP contribution is -2.52. The van der Waals surface area contributed by atoms with Gasteiger partial charge in [-0.25, -0.2) is 14.8 Å². The second kappa shape index (κ2) is 8.20. The Labute approximate surface area is 163 Å². The number of hydrogen-bond donors (Lipinski definition) is 1. The summed E-state index contributed by atoms with van der Waals surface area (Å²) in [4.78, 5) is 43.5. The quantitative estimate of drug-likeness (QED) is 0.865. The van der Waals surface area contributed by atoms with E-state index in [0.29, 0.717) is 37.8 Å². The first-order valence-corrected chi connectivity index (χ1v) is 9.54. The van der Waals surface area contributed by atoms with Crippen molar-refractivity contribution in [2.45, 2.75) is 12.8 Å². The van der Waals surface area contributed by atoms with Gasteiger partial charge in [-0.15, -0.1) is 0 Å². The fourth-order valence-corrected chi connectivity index (χ4v) is 3.47. The van der Waals surface area contributed by atoms with Crippen molar-refractivity contribution in [1.82, 2.24) is 24.8 Å². The Morgan fingerprint density at radius 2 is 1.68 bits per heavy atom. The third-order valence-electron chi connectivity index (χ3n) is 5.01. The Bertz CT molecular complexity index is 831. The molecule has 0 aliphatic carbocycles. The van der Waals surface area contributed by atoms with E-state index in [1.54, 1.807) is 30.6 Å². The minimum Gasteiger partial charge on any atom is -0.352 e. The van der Waals surface area contributed by atoms with E-state index in [2.05, 4.69) is 25.2 Å². The van der Waals surface area contributed by atoms with Gasteiger partial charge in [-0.3, -0.25) is 9.78 Å². The van der Waals surface area contributed by atoms with Crippen LogP contribution in [0.1, 0.15) is 23.3 Å². The van der Waals surface area contributed by atoms with E-state index in [4.69, 9.17) is 0 Å². The molecular formula is C19H23N7O2. The van der Waals surface area contributed by atoms with Crippen molar-refractivity contribution in [3.63, 3.8) is 0 Å². The van der Waals surface area contributed by atoms with Gasteiger partial charge in [0.25, 0.3) is 5.91 Å². The van der Waals surface area contributed by atoms with Crippen LogP contribution in [-0.2, 0) is 0 Å². The first kappa shape index (κ1) is 18.1. The van der Waals surface area contributed by atoms with Crippen molar-refractivity contribution in [3.8, 4) is 0 Å². The summed E-state index contributed by atoms with van der Waals surface area (Å²) in [6, 6.07) is 5.43. The largest absolute Gasteiger partial charge is 0.352 e. The van der Waals surface area contributed by atoms with E-state index in [-0.39, 0.29) is 17.6 Å². The fraction of sp³-hybridized carbons (Fsp3) is 0.421. The van der Waals surface area contributed by atoms with Crippen molar-refractivity contribution in [2.24, 2.45) is 0 Å². The predicted octanol–water partition coefficient (Wildman–Crippen LogP) is 1.46. The molecule has 0 aromatic carbocycles. The van der Waals surface area contributed by atoms with Crippen LogP contribution in [0.2, 0.25) is 0 Å². The highest BCUT2D eigenvalue weighted by Gasteiger charge is 2.27. The lowest BCUT2D eigenvalue weighted by molar-refractivity contribution is 0.102. The third kappa shape index (κ3) is 4.03. The van der Waals surface area contributed by atoms with E-state index < -0.39 is 0 Å². The number of anilines is 2. The van der Waals surface area contributed by atoms with Crippen LogP contribution in [-0.4, -0.2) is 76.0 Å². The third-order valence-corrected chi connectivity index (χ3v) is 5.01. The zero-order valence-electron chi connectivity index (χ0n) is 15.6. The molecule has 3 amide bonds. The zero-order chi connectivity index (χ0) is 19.3. The van der Waals surface area contributed by atoms with Crippen molar-refractivity contribution in [3.05, 3.63) is 42.5 Å². The van der Waals surface area contributed by atoms with Crippen molar-refractivity contribution >= 4 is 23.6 Å². The van der Waals surface area contributed by atoms with Crippen molar-refractivity contribution in [2.75, 3.05) is 49.5 Å². The molecule has 2 aromatic heterocycles. The SMILES string of the molecule is O=C(Nc1ccccn1)c1cncc(N2CCN(C(=O)N3CCCC3)CC2)n1. The number of carbonyl (C=O) groups excluding carboxylic acids is 2. The smallest absolute Gasteiger partial charge is 0.320 e. The van der Waals surface area contributed by atoms with Crippen LogP contribution in [0.4, 0.5) is 16.4 Å². The maximum absolute atomic E-state index is 12.5. The molecule has 146 valence electrons. The molecule has 0 radical (unpaired) electrons. The van der Waals surface area contributed by atoms with Crippen LogP contribution >= 0.6 is 0 Å². The lowest BCUT2D eigenvalue weighted by atomic mass is 10.3. The molecule has 1 N–H and O–H groups in total. The van der Waals surface area contributed by atoms with E-state index >= 15 is 0 Å². The van der Waals surface area contributed by atoms with E-state index in [1.807, 2.05) is 9.80 Å². The summed E-state index contributed by atoms with van der Waals surface area (Å²) >= 11 is 0. The van der Waals surface area contributed by atoms with Gasteiger partial charge in [-0.1, -0.05) is 6.07 Å². The number of piperazine rings is 1. The molecule has 9 heteroatoms. The predicted molar refractivity (Wildman–Crippen MR) is 104 cm³/mol. The zero-order valence-corrected chi connectivity index (χ0v) is 15.6. The lowest BCUT2D eigenvalue weighted by Gasteiger charge is -2.37. The number of pyridine rings is 1. The van der Waals surface area contributed by atoms with Gasteiger partial charge in [0.2, 0.25) is 0 Å². The summed E-state index contributed by atoms with van der Waals surface area (Å²) in [5, 5.41) is 2.71. The highest BCUT2D eigenvalue weighted by molar-refractivity contribution is 6.02. The highest BCUT2D eigenvalue weighted by atomic mass is 16.2. The van der Waals surface area contributed by atoms with Gasteiger partial charge in [0.1, 0.15) is 17.3 Å². The Kier molecular flexibility index (Phi) is 5.31. The topological polar surface area (TPSA) is 94.6 Å². The molecular weight excluding hydrogens is 358 g/mol. The first-order chi connectivity index (χ1) is 13.7. The van der Waals surface area contributed by atoms with Gasteiger partial charge in [0, 0.05) is 45.5 Å². The molecule has 0 spiro atoms. The molecule has 2 aliphatic heterocycles. The summed E-state index contributed by atoms with van der Waals surface area (Å²) < 4.78 is 0. The molecule has 2 saturated heterocycles. The Balaban J connectivity index is 1.37. The van der Waals surface area contributed by atoms with Crippen LogP contribution in [0.3, 0.4) is 0 Å². The second-order valence-corrected chi connectivity index (χ2v) is 6.88. The number of hydrogen-bond acceptors (Lipinski definition) is 6. The molecule has 0 atom stereocenters. The molecule has 2 aliphatic rings. The van der Waals surface area contributed by atoms with Gasteiger partial charge in [0.15, 0.2) is 0 Å². The van der Waals surface area contributed by atoms with Gasteiger partial charge in [0.05, 0.1) is 12.4 Å². The summed E-state index contributed by atoms with van der Waals surface area (Å²) in [5.74, 6) is 0.756. The van der Waals surface area contributed by atoms with E-state index in [1.165, 1.54) is 6.20 Å². The Morgan fingerprint density at radius 1 is 0.929 bits per heavy atom. The highest BCUT2D eigenvalue weighted by Crippen LogP contribution is 2.16. The van der Waals surface area contributed by atoms with Gasteiger partial charge in [-0.05, 0) is 25.0 Å². The van der Waals surface area contributed by atoms with E-state index in [0.717, 1.165) is 25.9 Å². The van der Waals surface area contributed by atoms with Crippen LogP contribution in [0, 0.1) is 0 Å². The minimum absolute atomic E-state index is 0.131. The second-order valence-electron chi connectivity index (χ2n) is 6.88. The van der Waals surface area contributed by atoms with Crippen LogP contribution in [0.15, 0.2) is 36.8 Å². The average molecular weight is 381 g/mol. The number of urea groups is 1. The molecule has 0 unspecified atom stereocenters. The molecule has 4 heterocycles. The number of rotatable bonds is 3. The average Bonchev–Trinajstić information content (AvgIpc) is 3.29. The summed E-state index contributed by atoms with van der Waals surface area (Å²) in [6.07, 6.45) is 6.88. The monoisotopic (exact) mass is 381 g/mol. The Hall–Kier alpha value is -3.23. The molecule has 0 saturated carbocycles. The number of carbonyl (C=O) groups is 2. The van der Waals surface area contributed by atoms with Crippen LogP contribution in [0.25, 0.3) is 0 Å². The number of nitrogens with zero attached hydrogens (tertiary/aromatic N) is 6. The van der Waals surface area contributed by atoms with Crippen molar-refractivity contribution < 1.29 is 9.59 Å². The van der Waals surface area contributed by atoms with Crippen LogP contribution in [0.5, 0.6) is 0 Å². The first-order valence-electron chi connectivity index (χ1n) is 9.54. The molecule has 28 heavy (non-hydrogen) atoms.